The number of hydrogen-bond donors (Lipinski definition) is 2. The Hall–Kier alpha value is -0.360. The SMILES string of the molecule is Cl.Cl.NC1CCCCC1CC(=O)NCc1nccs1. The second-order valence-electron chi connectivity index (χ2n) is 4.62. The summed E-state index contributed by atoms with van der Waals surface area (Å²) < 4.78 is 0. The van der Waals surface area contributed by atoms with Crippen LogP contribution in [-0.2, 0) is 11.3 Å². The number of rotatable bonds is 4. The van der Waals surface area contributed by atoms with Crippen molar-refractivity contribution >= 4 is 42.1 Å². The molecular weight excluding hydrogens is 305 g/mol. The van der Waals surface area contributed by atoms with Crippen LogP contribution in [0.1, 0.15) is 37.1 Å². The number of carbonyl (C=O) groups excluding carboxylic acids is 1. The molecule has 2 unspecified atom stereocenters. The van der Waals surface area contributed by atoms with E-state index in [-0.39, 0.29) is 36.8 Å². The topological polar surface area (TPSA) is 68.0 Å². The number of nitrogens with one attached hydrogen (secondary N) is 1. The monoisotopic (exact) mass is 325 g/mol. The molecular formula is C12H21Cl2N3OS. The lowest BCUT2D eigenvalue weighted by molar-refractivity contribution is -0.122. The van der Waals surface area contributed by atoms with Crippen molar-refractivity contribution in [3.8, 4) is 0 Å². The molecule has 1 heterocycles. The highest BCUT2D eigenvalue weighted by Crippen LogP contribution is 2.25. The summed E-state index contributed by atoms with van der Waals surface area (Å²) >= 11 is 1.56. The molecule has 1 aliphatic carbocycles. The van der Waals surface area contributed by atoms with E-state index in [4.69, 9.17) is 5.73 Å². The van der Waals surface area contributed by atoms with Gasteiger partial charge in [-0.1, -0.05) is 12.8 Å². The third-order valence-electron chi connectivity index (χ3n) is 3.34. The Labute approximate surface area is 130 Å². The van der Waals surface area contributed by atoms with Crippen LogP contribution in [0, 0.1) is 5.92 Å². The Morgan fingerprint density at radius 2 is 2.16 bits per heavy atom. The highest BCUT2D eigenvalue weighted by atomic mass is 35.5. The summed E-state index contributed by atoms with van der Waals surface area (Å²) in [6.07, 6.45) is 6.88. The van der Waals surface area contributed by atoms with Crippen LogP contribution < -0.4 is 11.1 Å². The first kappa shape index (κ1) is 18.6. The molecule has 1 saturated carbocycles. The molecule has 7 heteroatoms. The van der Waals surface area contributed by atoms with Crippen LogP contribution in [0.25, 0.3) is 0 Å². The van der Waals surface area contributed by atoms with Gasteiger partial charge in [0.25, 0.3) is 0 Å². The minimum atomic E-state index is 0. The smallest absolute Gasteiger partial charge is 0.220 e. The van der Waals surface area contributed by atoms with Gasteiger partial charge in [-0.25, -0.2) is 4.98 Å². The maximum Gasteiger partial charge on any atom is 0.220 e. The van der Waals surface area contributed by atoms with Gasteiger partial charge >= 0.3 is 0 Å². The minimum absolute atomic E-state index is 0. The lowest BCUT2D eigenvalue weighted by atomic mass is 9.83. The van der Waals surface area contributed by atoms with Crippen LogP contribution in [0.2, 0.25) is 0 Å². The molecule has 110 valence electrons. The van der Waals surface area contributed by atoms with Crippen LogP contribution in [-0.4, -0.2) is 16.9 Å². The third-order valence-corrected chi connectivity index (χ3v) is 4.12. The molecule has 19 heavy (non-hydrogen) atoms. The van der Waals surface area contributed by atoms with Crippen molar-refractivity contribution in [3.63, 3.8) is 0 Å². The van der Waals surface area contributed by atoms with E-state index in [0.717, 1.165) is 17.8 Å². The highest BCUT2D eigenvalue weighted by Gasteiger charge is 2.23. The largest absolute Gasteiger partial charge is 0.350 e. The van der Waals surface area contributed by atoms with Gasteiger partial charge in [0.05, 0.1) is 6.54 Å². The van der Waals surface area contributed by atoms with Crippen LogP contribution in [0.15, 0.2) is 11.6 Å². The summed E-state index contributed by atoms with van der Waals surface area (Å²) in [7, 11) is 0. The van der Waals surface area contributed by atoms with Crippen molar-refractivity contribution in [1.29, 1.82) is 0 Å². The average Bonchev–Trinajstić information content (AvgIpc) is 2.82. The van der Waals surface area contributed by atoms with E-state index in [1.165, 1.54) is 12.8 Å². The maximum absolute atomic E-state index is 11.8. The number of aromatic nitrogens is 1. The molecule has 0 bridgehead atoms. The zero-order valence-electron chi connectivity index (χ0n) is 10.7. The summed E-state index contributed by atoms with van der Waals surface area (Å²) in [5.41, 5.74) is 6.03. The van der Waals surface area contributed by atoms with Crippen molar-refractivity contribution in [3.05, 3.63) is 16.6 Å². The van der Waals surface area contributed by atoms with E-state index in [9.17, 15) is 4.79 Å². The fourth-order valence-electron chi connectivity index (χ4n) is 2.31. The average molecular weight is 326 g/mol. The lowest BCUT2D eigenvalue weighted by Gasteiger charge is -2.27. The van der Waals surface area contributed by atoms with E-state index in [1.807, 2.05) is 5.38 Å². The quantitative estimate of drug-likeness (QED) is 0.893. The van der Waals surface area contributed by atoms with E-state index >= 15 is 0 Å². The first-order valence-electron chi connectivity index (χ1n) is 6.16. The molecule has 0 spiro atoms. The first-order valence-corrected chi connectivity index (χ1v) is 7.04. The lowest BCUT2D eigenvalue weighted by Crippen LogP contribution is -2.36. The molecule has 0 aromatic carbocycles. The zero-order chi connectivity index (χ0) is 12.1. The second-order valence-corrected chi connectivity index (χ2v) is 5.59. The Kier molecular flexibility index (Phi) is 9.35. The van der Waals surface area contributed by atoms with Gasteiger partial charge in [-0.2, -0.15) is 0 Å². The van der Waals surface area contributed by atoms with Gasteiger partial charge < -0.3 is 11.1 Å². The summed E-state index contributed by atoms with van der Waals surface area (Å²) in [4.78, 5) is 15.9. The van der Waals surface area contributed by atoms with Crippen molar-refractivity contribution in [1.82, 2.24) is 10.3 Å². The van der Waals surface area contributed by atoms with Crippen molar-refractivity contribution < 1.29 is 4.79 Å². The van der Waals surface area contributed by atoms with E-state index in [2.05, 4.69) is 10.3 Å². The molecule has 0 aliphatic heterocycles. The molecule has 1 fully saturated rings. The zero-order valence-corrected chi connectivity index (χ0v) is 13.2. The fraction of sp³-hybridized carbons (Fsp3) is 0.667. The Bertz CT molecular complexity index is 362. The van der Waals surface area contributed by atoms with Gasteiger partial charge in [0.2, 0.25) is 5.91 Å². The van der Waals surface area contributed by atoms with Crippen molar-refractivity contribution in [2.75, 3.05) is 0 Å². The summed E-state index contributed by atoms with van der Waals surface area (Å²) in [5.74, 6) is 0.461. The molecule has 1 amide bonds. The van der Waals surface area contributed by atoms with E-state index < -0.39 is 0 Å². The Morgan fingerprint density at radius 1 is 1.42 bits per heavy atom. The van der Waals surface area contributed by atoms with Crippen LogP contribution in [0.5, 0.6) is 0 Å². The standard InChI is InChI=1S/C12H19N3OS.2ClH/c13-10-4-2-1-3-9(10)7-11(16)15-8-12-14-5-6-17-12;;/h5-6,9-10H,1-4,7-8,13H2,(H,15,16);2*1H. The van der Waals surface area contributed by atoms with Crippen molar-refractivity contribution in [2.24, 2.45) is 11.7 Å². The van der Waals surface area contributed by atoms with Crippen LogP contribution >= 0.6 is 36.2 Å². The predicted molar refractivity (Wildman–Crippen MR) is 83.0 cm³/mol. The summed E-state index contributed by atoms with van der Waals surface area (Å²) in [5, 5.41) is 5.77. The molecule has 0 saturated heterocycles. The molecule has 1 aromatic rings. The third kappa shape index (κ3) is 6.08. The molecule has 1 aromatic heterocycles. The number of hydrogen-bond acceptors (Lipinski definition) is 4. The number of thiazole rings is 1. The van der Waals surface area contributed by atoms with Gasteiger partial charge in [-0.05, 0) is 18.8 Å². The van der Waals surface area contributed by atoms with Gasteiger partial charge in [-0.3, -0.25) is 4.79 Å². The van der Waals surface area contributed by atoms with Crippen LogP contribution in [0.4, 0.5) is 0 Å². The molecule has 1 aliphatic rings. The normalized spacial score (nSPS) is 21.9. The summed E-state index contributed by atoms with van der Waals surface area (Å²) in [6, 6.07) is 0.203. The van der Waals surface area contributed by atoms with Gasteiger partial charge in [-0.15, -0.1) is 36.2 Å². The van der Waals surface area contributed by atoms with Gasteiger partial charge in [0.15, 0.2) is 0 Å². The maximum atomic E-state index is 11.8. The number of amides is 1. The fourth-order valence-corrected chi connectivity index (χ4v) is 2.87. The Morgan fingerprint density at radius 3 is 2.79 bits per heavy atom. The van der Waals surface area contributed by atoms with Gasteiger partial charge in [0, 0.05) is 24.0 Å². The number of nitrogens with two attached hydrogens (primary N) is 1. The van der Waals surface area contributed by atoms with Crippen molar-refractivity contribution in [2.45, 2.75) is 44.7 Å². The molecule has 2 rings (SSSR count). The number of nitrogens with zero attached hydrogens (tertiary/aromatic N) is 1. The summed E-state index contributed by atoms with van der Waals surface area (Å²) in [6.45, 7) is 0.540. The molecule has 3 N–H and O–H groups in total. The molecule has 0 radical (unpaired) electrons. The number of halogens is 2. The highest BCUT2D eigenvalue weighted by molar-refractivity contribution is 7.09. The molecule has 4 nitrogen and oxygen atoms in total. The first-order chi connectivity index (χ1) is 8.25. The Balaban J connectivity index is 0.00000162. The minimum Gasteiger partial charge on any atom is -0.350 e. The van der Waals surface area contributed by atoms with Gasteiger partial charge in [0.1, 0.15) is 5.01 Å². The van der Waals surface area contributed by atoms with Crippen LogP contribution in [0.3, 0.4) is 0 Å². The second kappa shape index (κ2) is 9.53. The molecule has 2 atom stereocenters. The van der Waals surface area contributed by atoms with E-state index in [0.29, 0.717) is 18.9 Å². The predicted octanol–water partition coefficient (Wildman–Crippen LogP) is 2.51. The number of carbonyl (C=O) groups is 1. The van der Waals surface area contributed by atoms with E-state index in [1.54, 1.807) is 17.5 Å².